The number of rotatable bonds is 6. The van der Waals surface area contributed by atoms with E-state index < -0.39 is 11.5 Å². The van der Waals surface area contributed by atoms with Crippen LogP contribution in [0.1, 0.15) is 24.8 Å². The van der Waals surface area contributed by atoms with E-state index in [2.05, 4.69) is 26.2 Å². The fourth-order valence-electron chi connectivity index (χ4n) is 3.59. The number of amides is 2. The van der Waals surface area contributed by atoms with E-state index >= 15 is 0 Å². The summed E-state index contributed by atoms with van der Waals surface area (Å²) in [5.74, 6) is -0.438. The van der Waals surface area contributed by atoms with Crippen LogP contribution >= 0.6 is 15.9 Å². The van der Waals surface area contributed by atoms with E-state index in [1.165, 1.54) is 11.2 Å². The molecule has 0 spiro atoms. The lowest BCUT2D eigenvalue weighted by molar-refractivity contribution is -0.137. The lowest BCUT2D eigenvalue weighted by atomic mass is 9.90. The first kappa shape index (κ1) is 22.2. The number of carbonyl (C=O) groups excluding carboxylic acids is 2. The zero-order valence-corrected chi connectivity index (χ0v) is 18.5. The summed E-state index contributed by atoms with van der Waals surface area (Å²) in [6.45, 7) is 0.933. The van der Waals surface area contributed by atoms with Gasteiger partial charge in [0.2, 0.25) is 5.91 Å². The highest BCUT2D eigenvalue weighted by molar-refractivity contribution is 9.11. The van der Waals surface area contributed by atoms with Crippen LogP contribution in [0.4, 0.5) is 0 Å². The van der Waals surface area contributed by atoms with Gasteiger partial charge in [-0.1, -0.05) is 30.3 Å². The highest BCUT2D eigenvalue weighted by Gasteiger charge is 2.38. The Hall–Kier alpha value is -2.52. The third kappa shape index (κ3) is 5.14. The Morgan fingerprint density at radius 2 is 1.97 bits per heavy atom. The Balaban J connectivity index is 1.54. The number of aryl methyl sites for hydroxylation is 1. The Labute approximate surface area is 184 Å². The first-order chi connectivity index (χ1) is 14.3. The molecule has 8 nitrogen and oxygen atoms in total. The molecule has 0 aliphatic carbocycles. The van der Waals surface area contributed by atoms with Crippen molar-refractivity contribution in [3.63, 3.8) is 0 Å². The van der Waals surface area contributed by atoms with Gasteiger partial charge in [-0.25, -0.2) is 4.99 Å². The molecule has 0 aromatic heterocycles. The molecular formula is C21H26BrN5O3. The molecule has 30 heavy (non-hydrogen) atoms. The Morgan fingerprint density at radius 1 is 1.30 bits per heavy atom. The number of halogens is 1. The van der Waals surface area contributed by atoms with Gasteiger partial charge in [0.05, 0.1) is 18.5 Å². The van der Waals surface area contributed by atoms with Gasteiger partial charge < -0.3 is 15.3 Å². The minimum Gasteiger partial charge on any atom is -0.388 e. The maximum Gasteiger partial charge on any atom is 0.279 e. The monoisotopic (exact) mass is 475 g/mol. The van der Waals surface area contributed by atoms with Crippen molar-refractivity contribution in [2.75, 3.05) is 26.7 Å². The molecule has 1 aromatic rings. The van der Waals surface area contributed by atoms with E-state index in [0.29, 0.717) is 43.4 Å². The second kappa shape index (κ2) is 9.53. The second-order valence-corrected chi connectivity index (χ2v) is 8.35. The molecule has 0 saturated carbocycles. The van der Waals surface area contributed by atoms with Crippen LogP contribution in [0, 0.1) is 5.41 Å². The van der Waals surface area contributed by atoms with Crippen molar-refractivity contribution in [3.05, 3.63) is 46.2 Å². The lowest BCUT2D eigenvalue weighted by Crippen LogP contribution is -2.54. The minimum absolute atomic E-state index is 0.0498. The van der Waals surface area contributed by atoms with Crippen LogP contribution in [0.15, 0.2) is 45.6 Å². The third-order valence-electron chi connectivity index (χ3n) is 5.45. The standard InChI is InChI=1S/C21H26BrN5O3/c1-24-19(22)18-17(23)20(29)27(14-25-18)13-21(30)9-11-26(12-10-21)16(28)8-7-15-5-3-2-4-6-15/h2-6,14,23-24,30H,7-13H2,1H3/b19-18+,23-17?. The number of nitrogens with zero attached hydrogens (tertiary/aromatic N) is 3. The average Bonchev–Trinajstić information content (AvgIpc) is 2.76. The number of benzene rings is 1. The first-order valence-electron chi connectivity index (χ1n) is 9.89. The van der Waals surface area contributed by atoms with Gasteiger partial charge >= 0.3 is 0 Å². The molecule has 3 rings (SSSR count). The van der Waals surface area contributed by atoms with E-state index in [1.54, 1.807) is 11.9 Å². The summed E-state index contributed by atoms with van der Waals surface area (Å²) in [4.78, 5) is 32.2. The van der Waals surface area contributed by atoms with Crippen molar-refractivity contribution in [1.82, 2.24) is 15.1 Å². The van der Waals surface area contributed by atoms with Gasteiger partial charge in [0.15, 0.2) is 0 Å². The van der Waals surface area contributed by atoms with Crippen LogP contribution in [0.25, 0.3) is 0 Å². The van der Waals surface area contributed by atoms with Crippen LogP contribution in [0.2, 0.25) is 0 Å². The number of piperidine rings is 1. The predicted molar refractivity (Wildman–Crippen MR) is 118 cm³/mol. The van der Waals surface area contributed by atoms with Crippen molar-refractivity contribution in [2.24, 2.45) is 4.99 Å². The van der Waals surface area contributed by atoms with Crippen LogP contribution in [0.5, 0.6) is 0 Å². The number of nitrogens with one attached hydrogen (secondary N) is 2. The van der Waals surface area contributed by atoms with Gasteiger partial charge in [0.1, 0.15) is 16.0 Å². The molecule has 0 unspecified atom stereocenters. The first-order valence-corrected chi connectivity index (χ1v) is 10.7. The molecule has 1 fully saturated rings. The molecule has 2 aliphatic rings. The van der Waals surface area contributed by atoms with Crippen LogP contribution in [-0.4, -0.2) is 71.1 Å². The topological polar surface area (TPSA) is 109 Å². The molecule has 3 N–H and O–H groups in total. The summed E-state index contributed by atoms with van der Waals surface area (Å²) in [6, 6.07) is 9.88. The normalized spacial score (nSPS) is 20.4. The largest absolute Gasteiger partial charge is 0.388 e. The van der Waals surface area contributed by atoms with Crippen molar-refractivity contribution < 1.29 is 14.7 Å². The van der Waals surface area contributed by atoms with Crippen LogP contribution < -0.4 is 5.32 Å². The molecule has 1 aromatic carbocycles. The van der Waals surface area contributed by atoms with E-state index in [4.69, 9.17) is 5.41 Å². The van der Waals surface area contributed by atoms with Crippen molar-refractivity contribution in [3.8, 4) is 0 Å². The van der Waals surface area contributed by atoms with Gasteiger partial charge in [-0.15, -0.1) is 0 Å². The number of aliphatic imine (C=N–C) groups is 1. The number of likely N-dealkylation sites (tertiary alicyclic amines) is 1. The van der Waals surface area contributed by atoms with Crippen molar-refractivity contribution in [2.45, 2.75) is 31.3 Å². The maximum atomic E-state index is 12.5. The summed E-state index contributed by atoms with van der Waals surface area (Å²) in [5, 5.41) is 21.8. The average molecular weight is 476 g/mol. The SMILES string of the molecule is CN/C(Br)=C1/N=CN(CC2(O)CCN(C(=O)CCc3ccccc3)CC2)C(=O)C1=N. The molecule has 1 saturated heterocycles. The van der Waals surface area contributed by atoms with Gasteiger partial charge in [-0.05, 0) is 40.8 Å². The molecule has 9 heteroatoms. The van der Waals surface area contributed by atoms with Gasteiger partial charge in [-0.3, -0.25) is 19.9 Å². The van der Waals surface area contributed by atoms with E-state index in [1.807, 2.05) is 30.3 Å². The molecular weight excluding hydrogens is 450 g/mol. The zero-order valence-electron chi connectivity index (χ0n) is 16.9. The minimum atomic E-state index is -1.11. The summed E-state index contributed by atoms with van der Waals surface area (Å²) >= 11 is 3.24. The van der Waals surface area contributed by atoms with E-state index in [-0.39, 0.29) is 23.9 Å². The summed E-state index contributed by atoms with van der Waals surface area (Å²) < 4.78 is 0.456. The molecule has 0 bridgehead atoms. The van der Waals surface area contributed by atoms with Crippen molar-refractivity contribution >= 4 is 39.8 Å². The van der Waals surface area contributed by atoms with Gasteiger partial charge in [0, 0.05) is 26.6 Å². The number of carbonyl (C=O) groups is 2. The quantitative estimate of drug-likeness (QED) is 0.543. The smallest absolute Gasteiger partial charge is 0.279 e. The summed E-state index contributed by atoms with van der Waals surface area (Å²) in [6.07, 6.45) is 3.23. The molecule has 2 amide bonds. The van der Waals surface area contributed by atoms with Gasteiger partial charge in [-0.2, -0.15) is 0 Å². The number of β-amino-alcohol motifs (C(OH)–C–C–N with tert-alkyl or cyclic N) is 1. The van der Waals surface area contributed by atoms with Gasteiger partial charge in [0.25, 0.3) is 5.91 Å². The van der Waals surface area contributed by atoms with Crippen LogP contribution in [-0.2, 0) is 16.0 Å². The molecule has 2 aliphatic heterocycles. The fraction of sp³-hybridized carbons (Fsp3) is 0.429. The highest BCUT2D eigenvalue weighted by atomic mass is 79.9. The Kier molecular flexibility index (Phi) is 7.04. The predicted octanol–water partition coefficient (Wildman–Crippen LogP) is 1.65. The lowest BCUT2D eigenvalue weighted by Gasteiger charge is -2.40. The maximum absolute atomic E-state index is 12.5. The number of aliphatic hydroxyl groups is 1. The molecule has 2 heterocycles. The molecule has 0 radical (unpaired) electrons. The second-order valence-electron chi connectivity index (χ2n) is 7.56. The molecule has 0 atom stereocenters. The van der Waals surface area contributed by atoms with Crippen molar-refractivity contribution in [1.29, 1.82) is 5.41 Å². The third-order valence-corrected chi connectivity index (χ3v) is 6.22. The number of hydrogen-bond acceptors (Lipinski definition) is 6. The fourth-order valence-corrected chi connectivity index (χ4v) is 3.89. The molecule has 160 valence electrons. The van der Waals surface area contributed by atoms with Crippen LogP contribution in [0.3, 0.4) is 0 Å². The summed E-state index contributed by atoms with van der Waals surface area (Å²) in [5.41, 5.74) is 0.00283. The Morgan fingerprint density at radius 3 is 2.60 bits per heavy atom. The zero-order chi connectivity index (χ0) is 21.7. The number of hydrogen-bond donors (Lipinski definition) is 3. The van der Waals surface area contributed by atoms with E-state index in [0.717, 1.165) is 5.56 Å². The van der Waals surface area contributed by atoms with E-state index in [9.17, 15) is 14.7 Å². The summed E-state index contributed by atoms with van der Waals surface area (Å²) in [7, 11) is 1.66. The Bertz CT molecular complexity index is 876. The highest BCUT2D eigenvalue weighted by Crippen LogP contribution is 2.25.